The number of fused-ring (bicyclic) bond motifs is 1. The van der Waals surface area contributed by atoms with Crippen LogP contribution >= 0.6 is 11.3 Å². The number of ether oxygens (including phenoxy) is 2. The number of hydrogen-bond donors (Lipinski definition) is 0. The smallest absolute Gasteiger partial charge is 0.264 e. The van der Waals surface area contributed by atoms with Crippen molar-refractivity contribution in [1.29, 1.82) is 0 Å². The van der Waals surface area contributed by atoms with Crippen molar-refractivity contribution < 1.29 is 18.7 Å². The maximum atomic E-state index is 13.6. The summed E-state index contributed by atoms with van der Waals surface area (Å²) >= 11 is 1.25. The summed E-state index contributed by atoms with van der Waals surface area (Å²) in [7, 11) is 3.04. The van der Waals surface area contributed by atoms with Crippen molar-refractivity contribution in [3.05, 3.63) is 77.9 Å². The van der Waals surface area contributed by atoms with Gasteiger partial charge in [0.05, 0.1) is 36.5 Å². The normalized spacial score (nSPS) is 10.8. The number of nitrogens with zero attached hydrogens (tertiary/aromatic N) is 3. The first-order chi connectivity index (χ1) is 14.6. The summed E-state index contributed by atoms with van der Waals surface area (Å²) < 4.78 is 24.9. The minimum absolute atomic E-state index is 0.254. The lowest BCUT2D eigenvalue weighted by molar-refractivity contribution is 0.0982. The molecule has 4 rings (SSSR count). The van der Waals surface area contributed by atoms with Crippen LogP contribution in [0.25, 0.3) is 10.2 Å². The van der Waals surface area contributed by atoms with Gasteiger partial charge in [0, 0.05) is 18.5 Å². The number of aromatic nitrogens is 2. The van der Waals surface area contributed by atoms with Crippen LogP contribution in [0.2, 0.25) is 0 Å². The minimum atomic E-state index is -0.348. The third-order valence-corrected chi connectivity index (χ3v) is 5.56. The van der Waals surface area contributed by atoms with Crippen LogP contribution in [-0.4, -0.2) is 30.1 Å². The van der Waals surface area contributed by atoms with E-state index in [-0.39, 0.29) is 18.3 Å². The third kappa shape index (κ3) is 3.95. The summed E-state index contributed by atoms with van der Waals surface area (Å²) in [6.07, 6.45) is 3.36. The Hall–Kier alpha value is -3.52. The van der Waals surface area contributed by atoms with E-state index in [1.54, 1.807) is 54.7 Å². The molecular formula is C22H18FN3O3S. The molecule has 0 radical (unpaired) electrons. The molecule has 0 bridgehead atoms. The molecule has 0 unspecified atom stereocenters. The number of pyridine rings is 1. The monoisotopic (exact) mass is 423 g/mol. The number of hydrogen-bond acceptors (Lipinski definition) is 6. The van der Waals surface area contributed by atoms with E-state index in [1.165, 1.54) is 30.6 Å². The summed E-state index contributed by atoms with van der Waals surface area (Å²) in [5.41, 5.74) is 1.83. The molecule has 6 nitrogen and oxygen atoms in total. The van der Waals surface area contributed by atoms with E-state index < -0.39 is 0 Å². The maximum Gasteiger partial charge on any atom is 0.264 e. The fraction of sp³-hybridized carbons (Fsp3) is 0.136. The second kappa shape index (κ2) is 8.46. The van der Waals surface area contributed by atoms with Gasteiger partial charge in [-0.2, -0.15) is 0 Å². The number of anilines is 1. The highest BCUT2D eigenvalue weighted by Crippen LogP contribution is 2.33. The predicted molar refractivity (Wildman–Crippen MR) is 114 cm³/mol. The highest BCUT2D eigenvalue weighted by molar-refractivity contribution is 7.22. The second-order valence-electron chi connectivity index (χ2n) is 6.43. The standard InChI is InChI=1S/C22H18FN3O3S/c1-28-16-6-7-17(19(11-16)29-2)21(27)26(13-14-4-3-9-24-12-14)22-25-18-8-5-15(23)10-20(18)30-22/h3-12H,13H2,1-2H3. The fourth-order valence-electron chi connectivity index (χ4n) is 3.02. The van der Waals surface area contributed by atoms with E-state index in [0.29, 0.717) is 32.4 Å². The van der Waals surface area contributed by atoms with Crippen molar-refractivity contribution >= 4 is 32.6 Å². The maximum absolute atomic E-state index is 13.6. The van der Waals surface area contributed by atoms with Gasteiger partial charge in [0.25, 0.3) is 5.91 Å². The van der Waals surface area contributed by atoms with Crippen molar-refractivity contribution in [3.8, 4) is 11.5 Å². The second-order valence-corrected chi connectivity index (χ2v) is 7.44. The Bertz CT molecular complexity index is 1200. The quantitative estimate of drug-likeness (QED) is 0.450. The summed E-state index contributed by atoms with van der Waals surface area (Å²) in [4.78, 5) is 23.8. The Balaban J connectivity index is 1.79. The van der Waals surface area contributed by atoms with E-state index in [2.05, 4.69) is 9.97 Å². The fourth-order valence-corrected chi connectivity index (χ4v) is 4.01. The SMILES string of the molecule is COc1ccc(C(=O)N(Cc2cccnc2)c2nc3ccc(F)cc3s2)c(OC)c1. The zero-order valence-corrected chi connectivity index (χ0v) is 17.1. The highest BCUT2D eigenvalue weighted by Gasteiger charge is 2.25. The molecule has 0 N–H and O–H groups in total. The van der Waals surface area contributed by atoms with Gasteiger partial charge in [-0.1, -0.05) is 17.4 Å². The molecule has 8 heteroatoms. The number of methoxy groups -OCH3 is 2. The zero-order chi connectivity index (χ0) is 21.1. The Morgan fingerprint density at radius 1 is 1.13 bits per heavy atom. The topological polar surface area (TPSA) is 64.5 Å². The summed E-state index contributed by atoms with van der Waals surface area (Å²) in [5, 5.41) is 0.460. The van der Waals surface area contributed by atoms with Crippen LogP contribution in [0.5, 0.6) is 11.5 Å². The lowest BCUT2D eigenvalue weighted by Gasteiger charge is -2.21. The number of carbonyl (C=O) groups excluding carboxylic acids is 1. The molecule has 2 heterocycles. The number of halogens is 1. The summed E-state index contributed by atoms with van der Waals surface area (Å²) in [6, 6.07) is 13.1. The van der Waals surface area contributed by atoms with Gasteiger partial charge in [-0.25, -0.2) is 9.37 Å². The van der Waals surface area contributed by atoms with Crippen molar-refractivity contribution in [3.63, 3.8) is 0 Å². The van der Waals surface area contributed by atoms with Gasteiger partial charge in [0.15, 0.2) is 5.13 Å². The number of amides is 1. The average molecular weight is 423 g/mol. The average Bonchev–Trinajstić information content (AvgIpc) is 3.20. The largest absolute Gasteiger partial charge is 0.497 e. The molecule has 2 aromatic carbocycles. The first-order valence-corrected chi connectivity index (χ1v) is 9.89. The molecule has 0 aliphatic rings. The van der Waals surface area contributed by atoms with Gasteiger partial charge in [0.1, 0.15) is 17.3 Å². The molecule has 152 valence electrons. The van der Waals surface area contributed by atoms with Gasteiger partial charge in [-0.05, 0) is 42.0 Å². The number of benzene rings is 2. The van der Waals surface area contributed by atoms with Crippen molar-refractivity contribution in [2.45, 2.75) is 6.54 Å². The van der Waals surface area contributed by atoms with Crippen LogP contribution in [0.15, 0.2) is 60.9 Å². The highest BCUT2D eigenvalue weighted by atomic mass is 32.1. The van der Waals surface area contributed by atoms with Crippen LogP contribution in [0, 0.1) is 5.82 Å². The molecule has 0 saturated carbocycles. The molecule has 0 spiro atoms. The Kier molecular flexibility index (Phi) is 5.58. The zero-order valence-electron chi connectivity index (χ0n) is 16.3. The van der Waals surface area contributed by atoms with Crippen LogP contribution in [0.4, 0.5) is 9.52 Å². The lowest BCUT2D eigenvalue weighted by Crippen LogP contribution is -2.30. The van der Waals surface area contributed by atoms with E-state index in [0.717, 1.165) is 5.56 Å². The van der Waals surface area contributed by atoms with E-state index in [9.17, 15) is 9.18 Å². The van der Waals surface area contributed by atoms with E-state index in [1.807, 2.05) is 6.07 Å². The molecule has 1 amide bonds. The first kappa shape index (κ1) is 19.8. The van der Waals surface area contributed by atoms with Crippen LogP contribution in [0.3, 0.4) is 0 Å². The molecule has 30 heavy (non-hydrogen) atoms. The molecule has 2 aromatic heterocycles. The van der Waals surface area contributed by atoms with Gasteiger partial charge in [-0.3, -0.25) is 14.7 Å². The van der Waals surface area contributed by atoms with Gasteiger partial charge in [-0.15, -0.1) is 0 Å². The van der Waals surface area contributed by atoms with Gasteiger partial charge < -0.3 is 9.47 Å². The lowest BCUT2D eigenvalue weighted by atomic mass is 10.1. The van der Waals surface area contributed by atoms with E-state index >= 15 is 0 Å². The number of rotatable bonds is 6. The Morgan fingerprint density at radius 2 is 2.00 bits per heavy atom. The van der Waals surface area contributed by atoms with Gasteiger partial charge in [0.2, 0.25) is 0 Å². The molecule has 0 aliphatic carbocycles. The first-order valence-electron chi connectivity index (χ1n) is 9.08. The molecule has 0 fully saturated rings. The van der Waals surface area contributed by atoms with E-state index in [4.69, 9.17) is 9.47 Å². The molecular weight excluding hydrogens is 405 g/mol. The summed E-state index contributed by atoms with van der Waals surface area (Å²) in [6.45, 7) is 0.254. The van der Waals surface area contributed by atoms with Crippen molar-refractivity contribution in [2.24, 2.45) is 0 Å². The van der Waals surface area contributed by atoms with Gasteiger partial charge >= 0.3 is 0 Å². The molecule has 0 atom stereocenters. The van der Waals surface area contributed by atoms with Crippen LogP contribution in [0.1, 0.15) is 15.9 Å². The van der Waals surface area contributed by atoms with Crippen molar-refractivity contribution in [1.82, 2.24) is 9.97 Å². The molecule has 0 saturated heterocycles. The number of carbonyl (C=O) groups is 1. The molecule has 4 aromatic rings. The van der Waals surface area contributed by atoms with Crippen LogP contribution in [-0.2, 0) is 6.54 Å². The number of thiazole rings is 1. The summed E-state index contributed by atoms with van der Waals surface area (Å²) in [5.74, 6) is 0.331. The Labute approximate surface area is 176 Å². The van der Waals surface area contributed by atoms with Crippen molar-refractivity contribution in [2.75, 3.05) is 19.1 Å². The molecule has 0 aliphatic heterocycles. The Morgan fingerprint density at radius 3 is 2.73 bits per heavy atom. The minimum Gasteiger partial charge on any atom is -0.497 e. The van der Waals surface area contributed by atoms with Crippen LogP contribution < -0.4 is 14.4 Å². The predicted octanol–water partition coefficient (Wildman–Crippen LogP) is 4.69. The third-order valence-electron chi connectivity index (χ3n) is 4.52.